The number of nitrogens with one attached hydrogen (secondary N) is 2. The Labute approximate surface area is 161 Å². The van der Waals surface area contributed by atoms with Crippen molar-refractivity contribution in [3.63, 3.8) is 0 Å². The molecular formula is C22H16N4O2. The molecule has 2 aromatic heterocycles. The molecule has 0 saturated heterocycles. The Bertz CT molecular complexity index is 1160. The molecular weight excluding hydrogens is 352 g/mol. The van der Waals surface area contributed by atoms with Gasteiger partial charge in [0.15, 0.2) is 5.76 Å². The zero-order valence-corrected chi connectivity index (χ0v) is 14.8. The fourth-order valence-corrected chi connectivity index (χ4v) is 2.91. The van der Waals surface area contributed by atoms with Crippen LogP contribution in [0.2, 0.25) is 0 Å². The van der Waals surface area contributed by atoms with Crippen LogP contribution in [0.5, 0.6) is 0 Å². The third-order valence-corrected chi connectivity index (χ3v) is 4.32. The summed E-state index contributed by atoms with van der Waals surface area (Å²) in [6, 6.07) is 20.7. The van der Waals surface area contributed by atoms with Crippen molar-refractivity contribution in [1.82, 2.24) is 4.98 Å². The van der Waals surface area contributed by atoms with Crippen molar-refractivity contribution in [1.29, 1.82) is 5.26 Å². The summed E-state index contributed by atoms with van der Waals surface area (Å²) in [6.07, 6.45) is 3.04. The fourth-order valence-electron chi connectivity index (χ4n) is 2.91. The molecule has 2 N–H and O–H groups in total. The molecule has 28 heavy (non-hydrogen) atoms. The van der Waals surface area contributed by atoms with E-state index in [1.54, 1.807) is 18.3 Å². The van der Waals surface area contributed by atoms with Crippen LogP contribution in [-0.2, 0) is 6.54 Å². The number of hydrogen-bond acceptors (Lipinski definition) is 5. The normalized spacial score (nSPS) is 10.4. The Hall–Kier alpha value is -4.11. The van der Waals surface area contributed by atoms with Gasteiger partial charge in [-0.05, 0) is 35.9 Å². The molecule has 2 heterocycles. The summed E-state index contributed by atoms with van der Waals surface area (Å²) < 4.78 is 5.08. The first-order chi connectivity index (χ1) is 13.7. The van der Waals surface area contributed by atoms with Gasteiger partial charge in [-0.3, -0.25) is 9.78 Å². The maximum Gasteiger partial charge on any atom is 0.291 e. The highest BCUT2D eigenvalue weighted by Crippen LogP contribution is 2.26. The van der Waals surface area contributed by atoms with Gasteiger partial charge in [0, 0.05) is 23.8 Å². The van der Waals surface area contributed by atoms with Crippen LogP contribution in [-0.4, -0.2) is 10.9 Å². The molecule has 4 rings (SSSR count). The standard InChI is InChI=1S/C22H16N4O2/c23-12-16-14-24-19-5-2-1-4-18(19)21(16)25-13-15-7-9-17(10-8-15)26-22(27)20-6-3-11-28-20/h1-11,14H,13H2,(H,24,25)(H,26,27). The van der Waals surface area contributed by atoms with E-state index in [0.29, 0.717) is 17.8 Å². The number of hydrogen-bond donors (Lipinski definition) is 2. The van der Waals surface area contributed by atoms with Crippen molar-refractivity contribution in [3.05, 3.63) is 90.0 Å². The van der Waals surface area contributed by atoms with Gasteiger partial charge in [0.05, 0.1) is 23.0 Å². The van der Waals surface area contributed by atoms with E-state index in [1.165, 1.54) is 6.26 Å². The number of carbonyl (C=O) groups excluding carboxylic acids is 1. The number of furan rings is 1. The predicted molar refractivity (Wildman–Crippen MR) is 107 cm³/mol. The second kappa shape index (κ2) is 7.64. The molecule has 0 unspecified atom stereocenters. The summed E-state index contributed by atoms with van der Waals surface area (Å²) >= 11 is 0. The molecule has 2 aromatic carbocycles. The molecule has 0 radical (unpaired) electrons. The van der Waals surface area contributed by atoms with Gasteiger partial charge in [0.25, 0.3) is 5.91 Å². The Kier molecular flexibility index (Phi) is 4.72. The lowest BCUT2D eigenvalue weighted by Crippen LogP contribution is -2.10. The van der Waals surface area contributed by atoms with Crippen molar-refractivity contribution >= 4 is 28.2 Å². The van der Waals surface area contributed by atoms with Crippen LogP contribution in [0.25, 0.3) is 10.9 Å². The Morgan fingerprint density at radius 1 is 1.07 bits per heavy atom. The molecule has 0 aliphatic heterocycles. The average Bonchev–Trinajstić information content (AvgIpc) is 3.28. The van der Waals surface area contributed by atoms with E-state index < -0.39 is 0 Å². The number of benzene rings is 2. The quantitative estimate of drug-likeness (QED) is 0.539. The first-order valence-electron chi connectivity index (χ1n) is 8.70. The van der Waals surface area contributed by atoms with E-state index in [9.17, 15) is 10.1 Å². The number of pyridine rings is 1. The highest BCUT2D eigenvalue weighted by Gasteiger charge is 2.10. The molecule has 0 aliphatic rings. The van der Waals surface area contributed by atoms with Gasteiger partial charge in [-0.15, -0.1) is 0 Å². The van der Waals surface area contributed by atoms with E-state index >= 15 is 0 Å². The molecule has 6 nitrogen and oxygen atoms in total. The third-order valence-electron chi connectivity index (χ3n) is 4.32. The van der Waals surface area contributed by atoms with Crippen LogP contribution in [0.15, 0.2) is 77.5 Å². The van der Waals surface area contributed by atoms with Crippen molar-refractivity contribution in [2.45, 2.75) is 6.54 Å². The zero-order valence-electron chi connectivity index (χ0n) is 14.8. The summed E-state index contributed by atoms with van der Waals surface area (Å²) in [5, 5.41) is 16.4. The number of anilines is 2. The van der Waals surface area contributed by atoms with E-state index in [2.05, 4.69) is 21.7 Å². The minimum atomic E-state index is -0.294. The number of rotatable bonds is 5. The molecule has 0 spiro atoms. The Morgan fingerprint density at radius 3 is 2.64 bits per heavy atom. The van der Waals surface area contributed by atoms with E-state index in [0.717, 1.165) is 22.2 Å². The van der Waals surface area contributed by atoms with Gasteiger partial charge < -0.3 is 15.1 Å². The SMILES string of the molecule is N#Cc1cnc2ccccc2c1NCc1ccc(NC(=O)c2ccco2)cc1. The molecule has 0 aliphatic carbocycles. The summed E-state index contributed by atoms with van der Waals surface area (Å²) in [5.41, 5.74) is 3.79. The number of aromatic nitrogens is 1. The lowest BCUT2D eigenvalue weighted by atomic mass is 10.1. The summed E-state index contributed by atoms with van der Waals surface area (Å²) in [4.78, 5) is 16.3. The maximum absolute atomic E-state index is 12.0. The zero-order chi connectivity index (χ0) is 19.3. The fraction of sp³-hybridized carbons (Fsp3) is 0.0455. The second-order valence-electron chi connectivity index (χ2n) is 6.16. The van der Waals surface area contributed by atoms with Crippen LogP contribution in [0.4, 0.5) is 11.4 Å². The van der Waals surface area contributed by atoms with Crippen LogP contribution in [0, 0.1) is 11.3 Å². The average molecular weight is 368 g/mol. The number of nitrogens with zero attached hydrogens (tertiary/aromatic N) is 2. The van der Waals surface area contributed by atoms with Crippen molar-refractivity contribution in [2.24, 2.45) is 0 Å². The first-order valence-corrected chi connectivity index (χ1v) is 8.70. The van der Waals surface area contributed by atoms with Gasteiger partial charge in [0.2, 0.25) is 0 Å². The molecule has 0 fully saturated rings. The predicted octanol–water partition coefficient (Wildman–Crippen LogP) is 4.56. The van der Waals surface area contributed by atoms with Crippen LogP contribution in [0.3, 0.4) is 0 Å². The molecule has 0 atom stereocenters. The number of carbonyl (C=O) groups is 1. The van der Waals surface area contributed by atoms with Crippen molar-refractivity contribution in [2.75, 3.05) is 10.6 Å². The molecule has 136 valence electrons. The number of para-hydroxylation sites is 1. The number of nitriles is 1. The highest BCUT2D eigenvalue weighted by atomic mass is 16.3. The van der Waals surface area contributed by atoms with Gasteiger partial charge in [-0.1, -0.05) is 30.3 Å². The summed E-state index contributed by atoms with van der Waals surface area (Å²) in [6.45, 7) is 0.537. The topological polar surface area (TPSA) is 91.0 Å². The van der Waals surface area contributed by atoms with Crippen molar-refractivity contribution < 1.29 is 9.21 Å². The van der Waals surface area contributed by atoms with E-state index in [4.69, 9.17) is 4.42 Å². The minimum absolute atomic E-state index is 0.263. The maximum atomic E-state index is 12.0. The first kappa shape index (κ1) is 17.3. The van der Waals surface area contributed by atoms with E-state index in [1.807, 2.05) is 48.5 Å². The Morgan fingerprint density at radius 2 is 1.89 bits per heavy atom. The highest BCUT2D eigenvalue weighted by molar-refractivity contribution is 6.02. The third kappa shape index (κ3) is 3.55. The van der Waals surface area contributed by atoms with Crippen molar-refractivity contribution in [3.8, 4) is 6.07 Å². The monoisotopic (exact) mass is 368 g/mol. The molecule has 0 bridgehead atoms. The summed E-state index contributed by atoms with van der Waals surface area (Å²) in [5.74, 6) is -0.0304. The number of fused-ring (bicyclic) bond motifs is 1. The molecule has 1 amide bonds. The lowest BCUT2D eigenvalue weighted by molar-refractivity contribution is 0.0996. The molecule has 6 heteroatoms. The van der Waals surface area contributed by atoms with Gasteiger partial charge in [0.1, 0.15) is 6.07 Å². The summed E-state index contributed by atoms with van der Waals surface area (Å²) in [7, 11) is 0. The van der Waals surface area contributed by atoms with Crippen LogP contribution in [0.1, 0.15) is 21.7 Å². The lowest BCUT2D eigenvalue weighted by Gasteiger charge is -2.12. The van der Waals surface area contributed by atoms with Gasteiger partial charge >= 0.3 is 0 Å². The molecule has 0 saturated carbocycles. The van der Waals surface area contributed by atoms with E-state index in [-0.39, 0.29) is 11.7 Å². The minimum Gasteiger partial charge on any atom is -0.459 e. The Balaban J connectivity index is 1.48. The second-order valence-corrected chi connectivity index (χ2v) is 6.16. The number of amides is 1. The largest absolute Gasteiger partial charge is 0.459 e. The smallest absolute Gasteiger partial charge is 0.291 e. The van der Waals surface area contributed by atoms with Crippen LogP contribution < -0.4 is 10.6 Å². The van der Waals surface area contributed by atoms with Crippen LogP contribution >= 0.6 is 0 Å². The van der Waals surface area contributed by atoms with Gasteiger partial charge in [-0.2, -0.15) is 5.26 Å². The van der Waals surface area contributed by atoms with Gasteiger partial charge in [-0.25, -0.2) is 0 Å². The molecule has 4 aromatic rings.